The summed E-state index contributed by atoms with van der Waals surface area (Å²) in [5.41, 5.74) is 2.44. The molecular weight excluding hydrogens is 308 g/mol. The Balaban J connectivity index is 2.10. The van der Waals surface area contributed by atoms with Gasteiger partial charge in [0.2, 0.25) is 0 Å². The molecule has 108 valence electrons. The average Bonchev–Trinajstić information content (AvgIpc) is 2.67. The zero-order valence-corrected chi connectivity index (χ0v) is 13.2. The molecule has 0 fully saturated rings. The van der Waals surface area contributed by atoms with Crippen molar-refractivity contribution in [2.24, 2.45) is 0 Å². The maximum absolute atomic E-state index is 11.7. The molecule has 0 N–H and O–H groups in total. The van der Waals surface area contributed by atoms with Crippen molar-refractivity contribution in [2.45, 2.75) is 18.2 Å². The molecule has 1 aromatic carbocycles. The van der Waals surface area contributed by atoms with Crippen molar-refractivity contribution in [1.29, 1.82) is 0 Å². The molecule has 0 saturated heterocycles. The second-order valence-corrected chi connectivity index (χ2v) is 6.08. The normalized spacial score (nSPS) is 16.4. The summed E-state index contributed by atoms with van der Waals surface area (Å²) in [6.07, 6.45) is 4.64. The summed E-state index contributed by atoms with van der Waals surface area (Å²) in [6.45, 7) is 1.91. The van der Waals surface area contributed by atoms with E-state index in [1.165, 1.54) is 18.9 Å². The van der Waals surface area contributed by atoms with Crippen molar-refractivity contribution in [1.82, 2.24) is 0 Å². The minimum atomic E-state index is -0.352. The average molecular weight is 321 g/mol. The lowest BCUT2D eigenvalue weighted by Gasteiger charge is -2.17. The van der Waals surface area contributed by atoms with Gasteiger partial charge in [-0.2, -0.15) is 0 Å². The number of thioether (sulfide) groups is 1. The molecule has 21 heavy (non-hydrogen) atoms. The second-order valence-electron chi connectivity index (χ2n) is 4.76. The zero-order valence-electron chi connectivity index (χ0n) is 11.6. The molecule has 0 saturated carbocycles. The van der Waals surface area contributed by atoms with E-state index in [2.05, 4.69) is 0 Å². The number of esters is 1. The quantitative estimate of drug-likeness (QED) is 0.711. The Hall–Kier alpha value is -1.65. The topological polar surface area (TPSA) is 35.5 Å². The molecule has 0 unspecified atom stereocenters. The maximum atomic E-state index is 11.7. The number of methoxy groups -OCH3 is 1. The first kappa shape index (κ1) is 14.3. The molecule has 0 atom stereocenters. The van der Waals surface area contributed by atoms with Crippen molar-refractivity contribution in [2.75, 3.05) is 7.11 Å². The van der Waals surface area contributed by atoms with Crippen LogP contribution in [-0.4, -0.2) is 13.1 Å². The predicted molar refractivity (Wildman–Crippen MR) is 83.7 cm³/mol. The first-order valence-corrected chi connectivity index (χ1v) is 7.69. The Labute approximate surface area is 132 Å². The van der Waals surface area contributed by atoms with Gasteiger partial charge in [0.15, 0.2) is 0 Å². The van der Waals surface area contributed by atoms with Crippen LogP contribution < -0.4 is 4.74 Å². The summed E-state index contributed by atoms with van der Waals surface area (Å²) in [5, 5.41) is 2.62. The molecule has 2 aliphatic rings. The number of benzene rings is 1. The number of hydrogen-bond acceptors (Lipinski definition) is 4. The molecule has 1 aliphatic heterocycles. The second kappa shape index (κ2) is 5.62. The Bertz CT molecular complexity index is 716. The van der Waals surface area contributed by atoms with E-state index in [9.17, 15) is 4.79 Å². The van der Waals surface area contributed by atoms with Gasteiger partial charge in [0.25, 0.3) is 0 Å². The van der Waals surface area contributed by atoms with Crippen LogP contribution in [0.3, 0.4) is 0 Å². The van der Waals surface area contributed by atoms with E-state index >= 15 is 0 Å². The largest absolute Gasteiger partial charge is 0.465 e. The summed E-state index contributed by atoms with van der Waals surface area (Å²) in [6, 6.07) is 3.55. The van der Waals surface area contributed by atoms with Crippen LogP contribution in [-0.2, 0) is 4.74 Å². The standard InChI is InChI=1S/C16H13ClO3S/c1-9-6-11(16(18)19-2)7-13-14(9)20-15-10(8-21-13)4-3-5-12(15)17/h3,5-8H,4H2,1-2H3. The molecule has 1 aliphatic carbocycles. The van der Waals surface area contributed by atoms with E-state index in [1.807, 2.05) is 24.5 Å². The molecule has 1 aromatic rings. The Morgan fingerprint density at radius 3 is 3.00 bits per heavy atom. The molecule has 3 rings (SSSR count). The lowest BCUT2D eigenvalue weighted by Crippen LogP contribution is -2.06. The number of carbonyl (C=O) groups is 1. The van der Waals surface area contributed by atoms with Crippen molar-refractivity contribution in [3.63, 3.8) is 0 Å². The van der Waals surface area contributed by atoms with Gasteiger partial charge in [0.1, 0.15) is 11.5 Å². The molecule has 0 radical (unpaired) electrons. The highest BCUT2D eigenvalue weighted by atomic mass is 35.5. The van der Waals surface area contributed by atoms with Gasteiger partial charge in [0, 0.05) is 5.57 Å². The van der Waals surface area contributed by atoms with Gasteiger partial charge in [-0.1, -0.05) is 29.4 Å². The minimum absolute atomic E-state index is 0.352. The lowest BCUT2D eigenvalue weighted by atomic mass is 10.1. The van der Waals surface area contributed by atoms with Crippen LogP contribution in [0.2, 0.25) is 0 Å². The van der Waals surface area contributed by atoms with Gasteiger partial charge >= 0.3 is 5.97 Å². The first-order chi connectivity index (χ1) is 10.1. The van der Waals surface area contributed by atoms with E-state index in [0.717, 1.165) is 28.2 Å². The zero-order chi connectivity index (χ0) is 15.0. The molecule has 5 heteroatoms. The summed E-state index contributed by atoms with van der Waals surface area (Å²) in [7, 11) is 1.37. The molecular formula is C16H13ClO3S. The fourth-order valence-corrected chi connectivity index (χ4v) is 3.49. The number of fused-ring (bicyclic) bond motifs is 2. The summed E-state index contributed by atoms with van der Waals surface area (Å²) in [4.78, 5) is 12.6. The number of ether oxygens (including phenoxy) is 2. The molecule has 0 aromatic heterocycles. The van der Waals surface area contributed by atoms with Crippen LogP contribution in [0.1, 0.15) is 22.3 Å². The first-order valence-electron chi connectivity index (χ1n) is 6.43. The highest BCUT2D eigenvalue weighted by Crippen LogP contribution is 2.43. The fraction of sp³-hybridized carbons (Fsp3) is 0.188. The minimum Gasteiger partial charge on any atom is -0.465 e. The summed E-state index contributed by atoms with van der Waals surface area (Å²) in [5.74, 6) is 1.08. The van der Waals surface area contributed by atoms with Crippen LogP contribution in [0.4, 0.5) is 0 Å². The predicted octanol–water partition coefficient (Wildman–Crippen LogP) is 4.56. The summed E-state index contributed by atoms with van der Waals surface area (Å²) < 4.78 is 10.8. The van der Waals surface area contributed by atoms with E-state index in [0.29, 0.717) is 16.4 Å². The molecule has 3 nitrogen and oxygen atoms in total. The van der Waals surface area contributed by atoms with Crippen LogP contribution in [0.15, 0.2) is 51.0 Å². The number of allylic oxidation sites excluding steroid dienone is 4. The Morgan fingerprint density at radius 1 is 1.43 bits per heavy atom. The van der Waals surface area contributed by atoms with Crippen molar-refractivity contribution in [3.8, 4) is 5.75 Å². The van der Waals surface area contributed by atoms with Crippen molar-refractivity contribution < 1.29 is 14.3 Å². The number of carbonyl (C=O) groups excluding carboxylic acids is 1. The van der Waals surface area contributed by atoms with E-state index < -0.39 is 0 Å². The van der Waals surface area contributed by atoms with Crippen LogP contribution in [0.5, 0.6) is 5.75 Å². The lowest BCUT2D eigenvalue weighted by molar-refractivity contribution is 0.0600. The van der Waals surface area contributed by atoms with Gasteiger partial charge < -0.3 is 9.47 Å². The van der Waals surface area contributed by atoms with Gasteiger partial charge in [-0.05, 0) is 42.5 Å². The van der Waals surface area contributed by atoms with Crippen molar-refractivity contribution >= 4 is 29.3 Å². The Morgan fingerprint density at radius 2 is 2.24 bits per heavy atom. The van der Waals surface area contributed by atoms with E-state index in [4.69, 9.17) is 21.1 Å². The van der Waals surface area contributed by atoms with Gasteiger partial charge in [-0.15, -0.1) is 0 Å². The SMILES string of the molecule is COC(=O)c1cc(C)c2c(c1)SC=C1CC=CC(Cl)=C1O2. The smallest absolute Gasteiger partial charge is 0.337 e. The Kier molecular flexibility index (Phi) is 3.83. The number of halogens is 1. The van der Waals surface area contributed by atoms with Gasteiger partial charge in [-0.3, -0.25) is 0 Å². The molecule has 0 spiro atoms. The third-order valence-electron chi connectivity index (χ3n) is 3.30. The van der Waals surface area contributed by atoms with Gasteiger partial charge in [0.05, 0.1) is 22.6 Å². The third kappa shape index (κ3) is 2.61. The number of rotatable bonds is 1. The van der Waals surface area contributed by atoms with Gasteiger partial charge in [-0.25, -0.2) is 4.79 Å². The van der Waals surface area contributed by atoms with Crippen LogP contribution in [0, 0.1) is 6.92 Å². The fourth-order valence-electron chi connectivity index (χ4n) is 2.26. The molecule has 0 bridgehead atoms. The molecule has 1 heterocycles. The van der Waals surface area contributed by atoms with Crippen LogP contribution >= 0.6 is 23.4 Å². The van der Waals surface area contributed by atoms with Crippen LogP contribution in [0.25, 0.3) is 0 Å². The highest BCUT2D eigenvalue weighted by Gasteiger charge is 2.23. The number of hydrogen-bond donors (Lipinski definition) is 0. The summed E-state index contributed by atoms with van der Waals surface area (Å²) >= 11 is 7.76. The molecule has 0 amide bonds. The monoisotopic (exact) mass is 320 g/mol. The van der Waals surface area contributed by atoms with E-state index in [-0.39, 0.29) is 5.97 Å². The van der Waals surface area contributed by atoms with E-state index in [1.54, 1.807) is 12.1 Å². The van der Waals surface area contributed by atoms with Crippen molar-refractivity contribution in [3.05, 3.63) is 57.2 Å². The maximum Gasteiger partial charge on any atom is 0.337 e. The third-order valence-corrected chi connectivity index (χ3v) is 4.56. The number of aryl methyl sites for hydroxylation is 1. The highest BCUT2D eigenvalue weighted by molar-refractivity contribution is 8.02.